The normalized spacial score (nSPS) is 11.9. The summed E-state index contributed by atoms with van der Waals surface area (Å²) in [6, 6.07) is 9.22. The molecule has 1 heterocycles. The molecule has 2 aromatic rings. The Morgan fingerprint density at radius 1 is 1.27 bits per heavy atom. The largest absolute Gasteiger partial charge is 0.454 e. The molecule has 0 unspecified atom stereocenters. The van der Waals surface area contributed by atoms with Gasteiger partial charge in [-0.05, 0) is 23.8 Å². The average molecular weight is 359 g/mol. The van der Waals surface area contributed by atoms with Gasteiger partial charge in [-0.3, -0.25) is 14.9 Å². The molecule has 9 nitrogen and oxygen atoms in total. The van der Waals surface area contributed by atoms with Crippen LogP contribution in [0, 0.1) is 10.1 Å². The Balaban J connectivity index is 1.79. The second-order valence-electron chi connectivity index (χ2n) is 5.67. The number of aliphatic hydroxyl groups is 1. The second-order valence-corrected chi connectivity index (χ2v) is 5.67. The van der Waals surface area contributed by atoms with E-state index in [-0.39, 0.29) is 31.3 Å². The number of nitro groups is 1. The van der Waals surface area contributed by atoms with Crippen molar-refractivity contribution in [3.05, 3.63) is 57.6 Å². The second kappa shape index (κ2) is 7.28. The number of carbonyl (C=O) groups excluding carboxylic acids is 1. The number of hydrogen-bond donors (Lipinski definition) is 2. The molecule has 0 saturated carbocycles. The summed E-state index contributed by atoms with van der Waals surface area (Å²) >= 11 is 0. The van der Waals surface area contributed by atoms with E-state index in [1.165, 1.54) is 23.1 Å². The number of amides is 1. The van der Waals surface area contributed by atoms with Crippen LogP contribution in [0.1, 0.15) is 15.9 Å². The summed E-state index contributed by atoms with van der Waals surface area (Å²) in [5.41, 5.74) is 1.09. The van der Waals surface area contributed by atoms with E-state index >= 15 is 0 Å². The Bertz CT molecular complexity index is 854. The zero-order chi connectivity index (χ0) is 18.7. The highest BCUT2D eigenvalue weighted by molar-refractivity contribution is 6.00. The number of hydrogen-bond acceptors (Lipinski definition) is 7. The van der Waals surface area contributed by atoms with Gasteiger partial charge in [-0.2, -0.15) is 0 Å². The van der Waals surface area contributed by atoms with E-state index in [1.54, 1.807) is 25.2 Å². The van der Waals surface area contributed by atoms with Crippen LogP contribution in [0.3, 0.4) is 0 Å². The fraction of sp³-hybridized carbons (Fsp3) is 0.235. The molecule has 9 heteroatoms. The van der Waals surface area contributed by atoms with Crippen molar-refractivity contribution in [2.24, 2.45) is 0 Å². The summed E-state index contributed by atoms with van der Waals surface area (Å²) in [5.74, 6) is 0.764. The third-order valence-electron chi connectivity index (χ3n) is 3.95. The van der Waals surface area contributed by atoms with Gasteiger partial charge in [0.1, 0.15) is 6.73 Å². The van der Waals surface area contributed by atoms with Crippen LogP contribution in [-0.4, -0.2) is 36.5 Å². The summed E-state index contributed by atoms with van der Waals surface area (Å²) in [6.45, 7) is 0.0381. The molecule has 0 atom stereocenters. The van der Waals surface area contributed by atoms with Crippen molar-refractivity contribution in [2.75, 3.05) is 25.5 Å². The maximum atomic E-state index is 12.6. The van der Waals surface area contributed by atoms with E-state index in [1.807, 2.05) is 0 Å². The van der Waals surface area contributed by atoms with Crippen molar-refractivity contribution in [3.63, 3.8) is 0 Å². The zero-order valence-electron chi connectivity index (χ0n) is 14.0. The Morgan fingerprint density at radius 2 is 2.04 bits per heavy atom. The van der Waals surface area contributed by atoms with Gasteiger partial charge in [0.2, 0.25) is 6.79 Å². The fourth-order valence-corrected chi connectivity index (χ4v) is 2.56. The molecule has 0 radical (unpaired) electrons. The third-order valence-corrected chi connectivity index (χ3v) is 3.95. The molecule has 0 spiro atoms. The molecule has 3 rings (SSSR count). The average Bonchev–Trinajstić information content (AvgIpc) is 3.12. The Morgan fingerprint density at radius 3 is 2.77 bits per heavy atom. The van der Waals surface area contributed by atoms with Gasteiger partial charge in [0.15, 0.2) is 11.5 Å². The van der Waals surface area contributed by atoms with Crippen LogP contribution in [0.25, 0.3) is 0 Å². The lowest BCUT2D eigenvalue weighted by molar-refractivity contribution is -0.384. The molecule has 0 aliphatic carbocycles. The van der Waals surface area contributed by atoms with Gasteiger partial charge in [-0.1, -0.05) is 6.07 Å². The van der Waals surface area contributed by atoms with Crippen LogP contribution < -0.4 is 19.7 Å². The number of nitro benzene ring substituents is 1. The lowest BCUT2D eigenvalue weighted by Crippen LogP contribution is -2.27. The number of rotatable bonds is 6. The van der Waals surface area contributed by atoms with Crippen LogP contribution in [0.15, 0.2) is 36.4 Å². The van der Waals surface area contributed by atoms with E-state index < -0.39 is 10.8 Å². The molecule has 0 saturated heterocycles. The number of aliphatic hydroxyl groups excluding tert-OH is 1. The molecule has 0 aromatic heterocycles. The van der Waals surface area contributed by atoms with Crippen molar-refractivity contribution in [3.8, 4) is 11.5 Å². The summed E-state index contributed by atoms with van der Waals surface area (Å²) in [7, 11) is 1.58. The standard InChI is InChI=1S/C17H17N3O6/c1-19(9-21)14-4-3-12(20(23)24)7-13(14)17(22)18-8-11-2-5-15-16(6-11)26-10-25-15/h2-7,21H,8-10H2,1H3,(H,18,22). The number of nitrogens with one attached hydrogen (secondary N) is 1. The number of ether oxygens (including phenoxy) is 2. The highest BCUT2D eigenvalue weighted by Gasteiger charge is 2.19. The molecule has 2 N–H and O–H groups in total. The molecule has 1 amide bonds. The summed E-state index contributed by atoms with van der Waals surface area (Å²) < 4.78 is 10.5. The van der Waals surface area contributed by atoms with Crippen LogP contribution in [0.4, 0.5) is 11.4 Å². The molecule has 0 bridgehead atoms. The lowest BCUT2D eigenvalue weighted by Gasteiger charge is -2.19. The first-order valence-electron chi connectivity index (χ1n) is 7.76. The number of benzene rings is 2. The van der Waals surface area contributed by atoms with E-state index in [0.29, 0.717) is 17.2 Å². The zero-order valence-corrected chi connectivity index (χ0v) is 14.0. The van der Waals surface area contributed by atoms with Crippen molar-refractivity contribution < 1.29 is 24.3 Å². The van der Waals surface area contributed by atoms with Gasteiger partial charge in [0, 0.05) is 25.7 Å². The SMILES string of the molecule is CN(CO)c1ccc([N+](=O)[O-])cc1C(=O)NCc1ccc2c(c1)OCO2. The topological polar surface area (TPSA) is 114 Å². The quantitative estimate of drug-likeness (QED) is 0.458. The molecular formula is C17H17N3O6. The Hall–Kier alpha value is -3.33. The predicted molar refractivity (Wildman–Crippen MR) is 92.3 cm³/mol. The maximum absolute atomic E-state index is 12.6. The number of non-ortho nitro benzene ring substituents is 1. The van der Waals surface area contributed by atoms with Crippen LogP contribution in [-0.2, 0) is 6.54 Å². The first kappa shape index (κ1) is 17.5. The summed E-state index contributed by atoms with van der Waals surface area (Å²) in [4.78, 5) is 24.4. The minimum absolute atomic E-state index is 0.108. The van der Waals surface area contributed by atoms with Gasteiger partial charge in [-0.15, -0.1) is 0 Å². The number of nitrogens with zero attached hydrogens (tertiary/aromatic N) is 2. The highest BCUT2D eigenvalue weighted by atomic mass is 16.7. The van der Waals surface area contributed by atoms with Gasteiger partial charge >= 0.3 is 0 Å². The van der Waals surface area contributed by atoms with Crippen LogP contribution in [0.2, 0.25) is 0 Å². The molecule has 0 fully saturated rings. The lowest BCUT2D eigenvalue weighted by atomic mass is 10.1. The number of anilines is 1. The van der Waals surface area contributed by atoms with Crippen molar-refractivity contribution in [2.45, 2.75) is 6.54 Å². The van der Waals surface area contributed by atoms with E-state index in [9.17, 15) is 20.0 Å². The van der Waals surface area contributed by atoms with E-state index in [4.69, 9.17) is 9.47 Å². The smallest absolute Gasteiger partial charge is 0.270 e. The third kappa shape index (κ3) is 3.52. The Kier molecular flexibility index (Phi) is 4.90. The minimum atomic E-state index is -0.572. The molecule has 1 aliphatic heterocycles. The molecule has 2 aromatic carbocycles. The van der Waals surface area contributed by atoms with Crippen LogP contribution in [0.5, 0.6) is 11.5 Å². The van der Waals surface area contributed by atoms with Crippen molar-refractivity contribution >= 4 is 17.3 Å². The summed E-state index contributed by atoms with van der Waals surface area (Å²) in [6.07, 6.45) is 0. The Labute approximate surface area is 148 Å². The first-order valence-corrected chi connectivity index (χ1v) is 7.76. The van der Waals surface area contributed by atoms with E-state index in [2.05, 4.69) is 5.32 Å². The summed E-state index contributed by atoms with van der Waals surface area (Å²) in [5, 5.41) is 23.0. The van der Waals surface area contributed by atoms with Gasteiger partial charge in [-0.25, -0.2) is 0 Å². The molecule has 136 valence electrons. The fourth-order valence-electron chi connectivity index (χ4n) is 2.56. The number of fused-ring (bicyclic) bond motifs is 1. The monoisotopic (exact) mass is 359 g/mol. The van der Waals surface area contributed by atoms with Crippen molar-refractivity contribution in [1.82, 2.24) is 5.32 Å². The predicted octanol–water partition coefficient (Wildman–Crippen LogP) is 1.64. The van der Waals surface area contributed by atoms with E-state index in [0.717, 1.165) is 5.56 Å². The number of carbonyl (C=O) groups is 1. The minimum Gasteiger partial charge on any atom is -0.454 e. The highest BCUT2D eigenvalue weighted by Crippen LogP contribution is 2.32. The molecule has 26 heavy (non-hydrogen) atoms. The first-order chi connectivity index (χ1) is 12.5. The van der Waals surface area contributed by atoms with Gasteiger partial charge < -0.3 is 24.8 Å². The van der Waals surface area contributed by atoms with Crippen LogP contribution >= 0.6 is 0 Å². The van der Waals surface area contributed by atoms with Crippen molar-refractivity contribution in [1.29, 1.82) is 0 Å². The van der Waals surface area contributed by atoms with Gasteiger partial charge in [0.05, 0.1) is 16.2 Å². The van der Waals surface area contributed by atoms with Gasteiger partial charge in [0.25, 0.3) is 11.6 Å². The molecule has 1 aliphatic rings. The maximum Gasteiger partial charge on any atom is 0.270 e. The molecular weight excluding hydrogens is 342 g/mol.